The van der Waals surface area contributed by atoms with Crippen molar-refractivity contribution in [1.29, 1.82) is 0 Å². The molecule has 0 aromatic heterocycles. The third-order valence-electron chi connectivity index (χ3n) is 4.76. The molecule has 0 radical (unpaired) electrons. The van der Waals surface area contributed by atoms with Gasteiger partial charge in [-0.2, -0.15) is 0 Å². The molecule has 0 unspecified atom stereocenters. The van der Waals surface area contributed by atoms with Gasteiger partial charge in [0.1, 0.15) is 5.75 Å². The lowest BCUT2D eigenvalue weighted by Crippen LogP contribution is -2.41. The monoisotopic (exact) mass is 354 g/mol. The van der Waals surface area contributed by atoms with Crippen LogP contribution in [0.2, 0.25) is 0 Å². The first-order chi connectivity index (χ1) is 12.7. The van der Waals surface area contributed by atoms with Crippen LogP contribution in [0.25, 0.3) is 0 Å². The maximum Gasteiger partial charge on any atom is 0.220 e. The molecule has 1 atom stereocenters. The van der Waals surface area contributed by atoms with Crippen LogP contribution in [0.3, 0.4) is 0 Å². The number of amides is 1. The first-order valence-corrected chi connectivity index (χ1v) is 9.13. The Hall–Kier alpha value is -2.37. The van der Waals surface area contributed by atoms with Crippen LogP contribution < -0.4 is 5.32 Å². The predicted octanol–water partition coefficient (Wildman–Crippen LogP) is 2.36. The number of benzene rings is 2. The number of morpholine rings is 1. The molecule has 5 heteroatoms. The lowest BCUT2D eigenvalue weighted by Gasteiger charge is -2.26. The van der Waals surface area contributed by atoms with Crippen molar-refractivity contribution < 1.29 is 14.6 Å². The highest BCUT2D eigenvalue weighted by atomic mass is 16.5. The van der Waals surface area contributed by atoms with Gasteiger partial charge in [-0.05, 0) is 11.6 Å². The molecule has 26 heavy (non-hydrogen) atoms. The fraction of sp³-hybridized carbons (Fsp3) is 0.381. The predicted molar refractivity (Wildman–Crippen MR) is 101 cm³/mol. The zero-order valence-corrected chi connectivity index (χ0v) is 14.9. The fourth-order valence-corrected chi connectivity index (χ4v) is 3.31. The Kier molecular flexibility index (Phi) is 6.63. The van der Waals surface area contributed by atoms with E-state index in [1.807, 2.05) is 42.5 Å². The van der Waals surface area contributed by atoms with E-state index in [1.165, 1.54) is 0 Å². The Balaban J connectivity index is 1.62. The average molecular weight is 354 g/mol. The molecule has 0 aliphatic carbocycles. The van der Waals surface area contributed by atoms with E-state index in [9.17, 15) is 9.90 Å². The number of hydrogen-bond acceptors (Lipinski definition) is 4. The summed E-state index contributed by atoms with van der Waals surface area (Å²) in [7, 11) is 0. The average Bonchev–Trinajstić information content (AvgIpc) is 2.68. The van der Waals surface area contributed by atoms with Crippen molar-refractivity contribution in [3.8, 4) is 5.75 Å². The largest absolute Gasteiger partial charge is 0.508 e. The van der Waals surface area contributed by atoms with Gasteiger partial charge >= 0.3 is 0 Å². The molecular formula is C21H26N2O3. The molecule has 2 N–H and O–H groups in total. The topological polar surface area (TPSA) is 61.8 Å². The third-order valence-corrected chi connectivity index (χ3v) is 4.76. The minimum atomic E-state index is -0.166. The molecule has 2 aromatic carbocycles. The number of phenols is 1. The molecule has 1 amide bonds. The summed E-state index contributed by atoms with van der Waals surface area (Å²) in [5.74, 6) is 0.0543. The molecule has 1 aliphatic rings. The molecule has 0 saturated carbocycles. The Labute approximate surface area is 154 Å². The zero-order chi connectivity index (χ0) is 18.2. The first-order valence-electron chi connectivity index (χ1n) is 9.13. The van der Waals surface area contributed by atoms with Gasteiger partial charge in [0, 0.05) is 44.1 Å². The number of ether oxygens (including phenoxy) is 1. The minimum Gasteiger partial charge on any atom is -0.508 e. The number of hydrogen-bond donors (Lipinski definition) is 2. The van der Waals surface area contributed by atoms with Crippen molar-refractivity contribution >= 4 is 5.91 Å². The fourth-order valence-electron chi connectivity index (χ4n) is 3.31. The van der Waals surface area contributed by atoms with Gasteiger partial charge in [0.15, 0.2) is 0 Å². The van der Waals surface area contributed by atoms with Crippen LogP contribution >= 0.6 is 0 Å². The molecule has 1 heterocycles. The summed E-state index contributed by atoms with van der Waals surface area (Å²) in [6, 6.07) is 17.1. The van der Waals surface area contributed by atoms with Crippen molar-refractivity contribution in [3.63, 3.8) is 0 Å². The highest BCUT2D eigenvalue weighted by Crippen LogP contribution is 2.33. The Morgan fingerprint density at radius 1 is 1.08 bits per heavy atom. The van der Waals surface area contributed by atoms with Gasteiger partial charge in [0.2, 0.25) is 5.91 Å². The number of para-hydroxylation sites is 1. The Bertz CT molecular complexity index is 699. The lowest BCUT2D eigenvalue weighted by atomic mass is 9.87. The molecule has 1 saturated heterocycles. The van der Waals surface area contributed by atoms with Gasteiger partial charge in [0.25, 0.3) is 0 Å². The SMILES string of the molecule is O=C(C[C@H](c1ccccc1)c1ccccc1O)NCCN1CCOCC1. The second-order valence-electron chi connectivity index (χ2n) is 6.53. The quantitative estimate of drug-likeness (QED) is 0.801. The van der Waals surface area contributed by atoms with Crippen molar-refractivity contribution in [2.24, 2.45) is 0 Å². The third kappa shape index (κ3) is 5.07. The van der Waals surface area contributed by atoms with Gasteiger partial charge in [0.05, 0.1) is 13.2 Å². The molecule has 5 nitrogen and oxygen atoms in total. The van der Waals surface area contributed by atoms with Crippen LogP contribution in [0, 0.1) is 0 Å². The van der Waals surface area contributed by atoms with Crippen molar-refractivity contribution in [1.82, 2.24) is 10.2 Å². The van der Waals surface area contributed by atoms with Gasteiger partial charge in [-0.3, -0.25) is 9.69 Å². The normalized spacial score (nSPS) is 16.2. The maximum absolute atomic E-state index is 12.5. The van der Waals surface area contributed by atoms with E-state index in [2.05, 4.69) is 10.2 Å². The summed E-state index contributed by atoms with van der Waals surface area (Å²) >= 11 is 0. The summed E-state index contributed by atoms with van der Waals surface area (Å²) in [6.45, 7) is 4.82. The van der Waals surface area contributed by atoms with Gasteiger partial charge in [-0.1, -0.05) is 48.5 Å². The van der Waals surface area contributed by atoms with Gasteiger partial charge in [-0.15, -0.1) is 0 Å². The lowest BCUT2D eigenvalue weighted by molar-refractivity contribution is -0.121. The van der Waals surface area contributed by atoms with E-state index in [4.69, 9.17) is 4.74 Å². The molecule has 2 aromatic rings. The Morgan fingerprint density at radius 3 is 2.50 bits per heavy atom. The van der Waals surface area contributed by atoms with Crippen LogP contribution in [-0.2, 0) is 9.53 Å². The molecule has 1 aliphatic heterocycles. The van der Waals surface area contributed by atoms with Crippen molar-refractivity contribution in [3.05, 3.63) is 65.7 Å². The van der Waals surface area contributed by atoms with Crippen LogP contribution in [0.5, 0.6) is 5.75 Å². The Morgan fingerprint density at radius 2 is 1.77 bits per heavy atom. The first kappa shape index (κ1) is 18.4. The number of nitrogens with zero attached hydrogens (tertiary/aromatic N) is 1. The molecule has 0 spiro atoms. The summed E-state index contributed by atoms with van der Waals surface area (Å²) in [5.41, 5.74) is 1.80. The number of rotatable bonds is 7. The smallest absolute Gasteiger partial charge is 0.220 e. The molecule has 138 valence electrons. The molecule has 0 bridgehead atoms. The molecular weight excluding hydrogens is 328 g/mol. The van der Waals surface area contributed by atoms with Crippen molar-refractivity contribution in [2.45, 2.75) is 12.3 Å². The van der Waals surface area contributed by atoms with Crippen LogP contribution in [0.15, 0.2) is 54.6 Å². The molecule has 3 rings (SSSR count). The molecule has 1 fully saturated rings. The number of phenolic OH excluding ortho intramolecular Hbond substituents is 1. The summed E-state index contributed by atoms with van der Waals surface area (Å²) in [5, 5.41) is 13.3. The standard InChI is InChI=1S/C21H26N2O3/c24-20-9-5-4-8-18(20)19(17-6-2-1-3-7-17)16-21(25)22-10-11-23-12-14-26-15-13-23/h1-9,19,24H,10-16H2,(H,22,25)/t19-/m1/s1. The van der Waals surface area contributed by atoms with E-state index in [-0.39, 0.29) is 17.6 Å². The van der Waals surface area contributed by atoms with E-state index >= 15 is 0 Å². The number of carbonyl (C=O) groups is 1. The van der Waals surface area contributed by atoms with Crippen LogP contribution in [-0.4, -0.2) is 55.3 Å². The highest BCUT2D eigenvalue weighted by molar-refractivity contribution is 5.77. The number of aromatic hydroxyl groups is 1. The number of nitrogens with one attached hydrogen (secondary N) is 1. The zero-order valence-electron chi connectivity index (χ0n) is 14.9. The van der Waals surface area contributed by atoms with Crippen molar-refractivity contribution in [2.75, 3.05) is 39.4 Å². The van der Waals surface area contributed by atoms with Gasteiger partial charge in [-0.25, -0.2) is 0 Å². The van der Waals surface area contributed by atoms with E-state index in [0.29, 0.717) is 13.0 Å². The van der Waals surface area contributed by atoms with Crippen LogP contribution in [0.4, 0.5) is 0 Å². The second kappa shape index (κ2) is 9.36. The highest BCUT2D eigenvalue weighted by Gasteiger charge is 2.21. The maximum atomic E-state index is 12.5. The minimum absolute atomic E-state index is 0.00429. The van der Waals surface area contributed by atoms with Gasteiger partial charge < -0.3 is 15.2 Å². The summed E-state index contributed by atoms with van der Waals surface area (Å²) in [4.78, 5) is 14.8. The number of carbonyl (C=O) groups excluding carboxylic acids is 1. The summed E-state index contributed by atoms with van der Waals surface area (Å²) in [6.07, 6.45) is 0.310. The second-order valence-corrected chi connectivity index (χ2v) is 6.53. The summed E-state index contributed by atoms with van der Waals surface area (Å²) < 4.78 is 5.34. The van der Waals surface area contributed by atoms with E-state index in [1.54, 1.807) is 12.1 Å². The van der Waals surface area contributed by atoms with E-state index < -0.39 is 0 Å². The van der Waals surface area contributed by atoms with E-state index in [0.717, 1.165) is 44.0 Å². The van der Waals surface area contributed by atoms with Crippen LogP contribution in [0.1, 0.15) is 23.5 Å².